The van der Waals surface area contributed by atoms with Gasteiger partial charge in [-0.1, -0.05) is 84.0 Å². The summed E-state index contributed by atoms with van der Waals surface area (Å²) in [5.41, 5.74) is 1.40. The summed E-state index contributed by atoms with van der Waals surface area (Å²) >= 11 is 0. The monoisotopic (exact) mass is 690 g/mol. The van der Waals surface area contributed by atoms with Crippen molar-refractivity contribution in [1.82, 2.24) is 0 Å². The Morgan fingerprint density at radius 1 is 0.826 bits per heavy atom. The highest BCUT2D eigenvalue weighted by Crippen LogP contribution is 2.45. The van der Waals surface area contributed by atoms with Gasteiger partial charge in [0.2, 0.25) is 0 Å². The van der Waals surface area contributed by atoms with Gasteiger partial charge in [0.1, 0.15) is 0 Å². The van der Waals surface area contributed by atoms with Gasteiger partial charge in [-0.3, -0.25) is 4.79 Å². The lowest BCUT2D eigenvalue weighted by Crippen LogP contribution is -2.42. The van der Waals surface area contributed by atoms with Gasteiger partial charge < -0.3 is 18.4 Å². The van der Waals surface area contributed by atoms with Crippen LogP contribution < -0.4 is 0 Å². The molecule has 0 heterocycles. The molecule has 5 atom stereocenters. The lowest BCUT2D eigenvalue weighted by atomic mass is 9.85. The topological polar surface area (TPSA) is 65.0 Å². The first-order valence-electron chi connectivity index (χ1n) is 18.8. The average molecular weight is 691 g/mol. The van der Waals surface area contributed by atoms with E-state index in [1.807, 2.05) is 0 Å². The molecule has 1 unspecified atom stereocenters. The fourth-order valence-electron chi connectivity index (χ4n) is 7.61. The van der Waals surface area contributed by atoms with Crippen LogP contribution in [0.1, 0.15) is 98.5 Å². The Morgan fingerprint density at radius 3 is 1.96 bits per heavy atom. The molecule has 0 aromatic heterocycles. The number of rotatable bonds is 24. The third-order valence-electron chi connectivity index (χ3n) is 10.9. The zero-order valence-electron chi connectivity index (χ0n) is 31.1. The number of hydrogen-bond acceptors (Lipinski definition) is 4. The first kappa shape index (κ1) is 41.1. The third-order valence-corrected chi connectivity index (χ3v) is 21.3. The summed E-state index contributed by atoms with van der Waals surface area (Å²) in [4.78, 5) is 11.0. The Balaban J connectivity index is 2.39. The Morgan fingerprint density at radius 2 is 1.41 bits per heavy atom. The zero-order valence-corrected chi connectivity index (χ0v) is 34.1. The Hall–Kier alpha value is -1.04. The summed E-state index contributed by atoms with van der Waals surface area (Å²) in [5.74, 6) is 0.129. The van der Waals surface area contributed by atoms with Gasteiger partial charge in [-0.05, 0) is 125 Å². The standard InChI is InChI=1S/C38H70O5Si3/c1-10-45(11-2,12-3)41-33(28-27-32-23-19-18-20-24-32)29-30-35-34(25-21-16-17-22-26-38(39)40)37(31-36(35)42-44(7,8)9)43-46(13-4,14-5)15-6/h16,18-21,23-24,33-37H,10-15,17,22,25-31H2,1-9H3,(H,39,40)/b21-16-/t33-,34?,35+,36+,37-/m0/s1. The van der Waals surface area contributed by atoms with Gasteiger partial charge in [0.25, 0.3) is 0 Å². The largest absolute Gasteiger partial charge is 0.481 e. The van der Waals surface area contributed by atoms with E-state index in [0.29, 0.717) is 18.3 Å². The highest BCUT2D eigenvalue weighted by atomic mass is 28.4. The van der Waals surface area contributed by atoms with E-state index in [2.05, 4.69) is 104 Å². The van der Waals surface area contributed by atoms with Gasteiger partial charge in [0, 0.05) is 12.5 Å². The molecule has 0 spiro atoms. The Bertz CT molecular complexity index is 987. The minimum atomic E-state index is -1.81. The molecule has 46 heavy (non-hydrogen) atoms. The van der Waals surface area contributed by atoms with E-state index in [1.165, 1.54) is 23.7 Å². The quantitative estimate of drug-likeness (QED) is 0.0664. The highest BCUT2D eigenvalue weighted by molar-refractivity contribution is 6.74. The van der Waals surface area contributed by atoms with Crippen molar-refractivity contribution in [1.29, 1.82) is 0 Å². The van der Waals surface area contributed by atoms with E-state index in [4.69, 9.17) is 18.4 Å². The maximum Gasteiger partial charge on any atom is 0.303 e. The summed E-state index contributed by atoms with van der Waals surface area (Å²) in [7, 11) is -5.36. The van der Waals surface area contributed by atoms with Crippen molar-refractivity contribution in [3.63, 3.8) is 0 Å². The van der Waals surface area contributed by atoms with E-state index in [-0.39, 0.29) is 24.7 Å². The van der Waals surface area contributed by atoms with Crippen LogP contribution >= 0.6 is 0 Å². The molecule has 8 heteroatoms. The molecule has 2 rings (SSSR count). The normalized spacial score (nSPS) is 21.7. The molecule has 0 radical (unpaired) electrons. The number of unbranched alkanes of at least 4 members (excludes halogenated alkanes) is 1. The molecule has 0 aliphatic heterocycles. The van der Waals surface area contributed by atoms with Gasteiger partial charge >= 0.3 is 5.97 Å². The fourth-order valence-corrected chi connectivity index (χ4v) is 14.6. The number of carboxylic acid groups (broad SMARTS) is 1. The predicted octanol–water partition coefficient (Wildman–Crippen LogP) is 11.2. The zero-order chi connectivity index (χ0) is 34.2. The van der Waals surface area contributed by atoms with E-state index >= 15 is 0 Å². The van der Waals surface area contributed by atoms with Gasteiger partial charge in [-0.25, -0.2) is 0 Å². The smallest absolute Gasteiger partial charge is 0.303 e. The number of allylic oxidation sites excluding steroid dienone is 2. The second-order valence-corrected chi connectivity index (χ2v) is 28.7. The molecular weight excluding hydrogens is 621 g/mol. The molecular formula is C38H70O5Si3. The number of hydrogen-bond donors (Lipinski definition) is 1. The summed E-state index contributed by atoms with van der Waals surface area (Å²) < 4.78 is 21.6. The molecule has 1 N–H and O–H groups in total. The minimum Gasteiger partial charge on any atom is -0.481 e. The lowest BCUT2D eigenvalue weighted by Gasteiger charge is -2.36. The van der Waals surface area contributed by atoms with Gasteiger partial charge in [0.15, 0.2) is 25.0 Å². The lowest BCUT2D eigenvalue weighted by molar-refractivity contribution is -0.137. The second kappa shape index (κ2) is 20.5. The first-order chi connectivity index (χ1) is 21.9. The van der Waals surface area contributed by atoms with Crippen LogP contribution in [0.15, 0.2) is 42.5 Å². The van der Waals surface area contributed by atoms with Crippen LogP contribution in [0.25, 0.3) is 0 Å². The number of aliphatic carboxylic acids is 1. The Labute approximate surface area is 286 Å². The number of carboxylic acids is 1. The van der Waals surface area contributed by atoms with Crippen LogP contribution in [-0.4, -0.2) is 54.3 Å². The van der Waals surface area contributed by atoms with Gasteiger partial charge in [-0.15, -0.1) is 0 Å². The maximum absolute atomic E-state index is 11.0. The van der Waals surface area contributed by atoms with E-state index in [1.54, 1.807) is 0 Å². The molecule has 0 saturated heterocycles. The summed E-state index contributed by atoms with van der Waals surface area (Å²) in [6.45, 7) is 21.0. The molecule has 1 fully saturated rings. The number of carbonyl (C=O) groups is 1. The number of benzene rings is 1. The van der Waals surface area contributed by atoms with Crippen LogP contribution in [-0.2, 0) is 24.5 Å². The predicted molar refractivity (Wildman–Crippen MR) is 203 cm³/mol. The maximum atomic E-state index is 11.0. The van der Waals surface area contributed by atoms with E-state index < -0.39 is 30.9 Å². The SMILES string of the molecule is CC[Si](CC)(CC)O[C@@H](CCc1ccccc1)CC[C@@H]1C(C/C=C\CCCC(=O)O)[C@@H](O[Si](CC)(CC)CC)C[C@H]1O[Si](C)(C)C. The number of aryl methyl sites for hydroxylation is 1. The molecule has 0 bridgehead atoms. The summed E-state index contributed by atoms with van der Waals surface area (Å²) in [5, 5.41) is 9.08. The molecule has 1 aromatic rings. The van der Waals surface area contributed by atoms with Crippen molar-refractivity contribution in [2.75, 3.05) is 0 Å². The van der Waals surface area contributed by atoms with Crippen molar-refractivity contribution in [3.8, 4) is 0 Å². The Kier molecular flexibility index (Phi) is 18.3. The van der Waals surface area contributed by atoms with Crippen molar-refractivity contribution in [2.45, 2.75) is 174 Å². The van der Waals surface area contributed by atoms with Crippen molar-refractivity contribution < 1.29 is 23.2 Å². The van der Waals surface area contributed by atoms with Crippen LogP contribution in [0.2, 0.25) is 55.9 Å². The van der Waals surface area contributed by atoms with Crippen LogP contribution in [0.4, 0.5) is 0 Å². The summed E-state index contributed by atoms with van der Waals surface area (Å²) in [6.07, 6.45) is 13.2. The molecule has 5 nitrogen and oxygen atoms in total. The van der Waals surface area contributed by atoms with Gasteiger partial charge in [0.05, 0.1) is 12.2 Å². The fraction of sp³-hybridized carbons (Fsp3) is 0.763. The van der Waals surface area contributed by atoms with E-state index in [0.717, 1.165) is 63.1 Å². The van der Waals surface area contributed by atoms with Crippen LogP contribution in [0.5, 0.6) is 0 Å². The van der Waals surface area contributed by atoms with E-state index in [9.17, 15) is 4.79 Å². The van der Waals surface area contributed by atoms with Gasteiger partial charge in [-0.2, -0.15) is 0 Å². The molecule has 1 aliphatic rings. The van der Waals surface area contributed by atoms with Crippen LogP contribution in [0, 0.1) is 11.8 Å². The highest BCUT2D eigenvalue weighted by Gasteiger charge is 2.48. The average Bonchev–Trinajstić information content (AvgIpc) is 3.35. The van der Waals surface area contributed by atoms with Crippen LogP contribution in [0.3, 0.4) is 0 Å². The van der Waals surface area contributed by atoms with Crippen molar-refractivity contribution >= 4 is 30.9 Å². The molecule has 0 amide bonds. The second-order valence-electron chi connectivity index (χ2n) is 14.8. The van der Waals surface area contributed by atoms with Crippen molar-refractivity contribution in [2.24, 2.45) is 11.8 Å². The molecule has 1 aliphatic carbocycles. The van der Waals surface area contributed by atoms with Crippen molar-refractivity contribution in [3.05, 3.63) is 48.0 Å². The molecule has 1 aromatic carbocycles. The third kappa shape index (κ3) is 13.5. The summed E-state index contributed by atoms with van der Waals surface area (Å²) in [6, 6.07) is 17.9. The molecule has 1 saturated carbocycles. The molecule has 264 valence electrons. The minimum absolute atomic E-state index is 0.222. The first-order valence-corrected chi connectivity index (χ1v) is 27.3.